The van der Waals surface area contributed by atoms with E-state index >= 15 is 0 Å². The van der Waals surface area contributed by atoms with Crippen molar-refractivity contribution in [3.05, 3.63) is 36.0 Å². The van der Waals surface area contributed by atoms with Gasteiger partial charge in [-0.1, -0.05) is 6.07 Å². The molecule has 1 aliphatic heterocycles. The van der Waals surface area contributed by atoms with E-state index in [0.717, 1.165) is 30.4 Å². The highest BCUT2D eigenvalue weighted by Gasteiger charge is 2.23. The molecule has 5 nitrogen and oxygen atoms in total. The molecule has 1 aromatic heterocycles. The van der Waals surface area contributed by atoms with Crippen LogP contribution in [0.3, 0.4) is 0 Å². The molecule has 2 heterocycles. The predicted molar refractivity (Wildman–Crippen MR) is 76.8 cm³/mol. The summed E-state index contributed by atoms with van der Waals surface area (Å²) in [6.07, 6.45) is 2.76. The molecule has 0 bridgehead atoms. The second-order valence-electron chi connectivity index (χ2n) is 5.16. The number of benzene rings is 1. The SMILES string of the molecule is CN1CCC(Oc2ccc3ncccc3c2C(N)=O)C1. The average Bonchev–Trinajstić information content (AvgIpc) is 2.83. The van der Waals surface area contributed by atoms with E-state index in [1.165, 1.54) is 0 Å². The standard InChI is InChI=1S/C15H17N3O2/c1-18-8-6-10(9-18)20-13-5-4-12-11(3-2-7-17-12)14(13)15(16)19/h2-5,7,10H,6,8-9H2,1H3,(H2,16,19). The summed E-state index contributed by atoms with van der Waals surface area (Å²) in [4.78, 5) is 18.2. The number of likely N-dealkylation sites (tertiary alicyclic amines) is 1. The molecular formula is C15H17N3O2. The highest BCUT2D eigenvalue weighted by molar-refractivity contribution is 6.07. The molecule has 2 N–H and O–H groups in total. The summed E-state index contributed by atoms with van der Waals surface area (Å²) in [5.41, 5.74) is 6.69. The Balaban J connectivity index is 2.01. The number of ether oxygens (including phenoxy) is 1. The molecular weight excluding hydrogens is 254 g/mol. The van der Waals surface area contributed by atoms with Crippen LogP contribution in [0.5, 0.6) is 5.75 Å². The van der Waals surface area contributed by atoms with Crippen molar-refractivity contribution in [2.75, 3.05) is 20.1 Å². The van der Waals surface area contributed by atoms with Crippen LogP contribution >= 0.6 is 0 Å². The first kappa shape index (κ1) is 12.9. The number of fused-ring (bicyclic) bond motifs is 1. The Morgan fingerprint density at radius 2 is 2.30 bits per heavy atom. The number of aromatic nitrogens is 1. The minimum Gasteiger partial charge on any atom is -0.488 e. The lowest BCUT2D eigenvalue weighted by molar-refractivity contribution is 0.0995. The van der Waals surface area contributed by atoms with Gasteiger partial charge in [-0.15, -0.1) is 0 Å². The van der Waals surface area contributed by atoms with Gasteiger partial charge in [-0.05, 0) is 31.7 Å². The second kappa shape index (κ2) is 5.09. The molecule has 3 rings (SSSR count). The molecule has 1 amide bonds. The summed E-state index contributed by atoms with van der Waals surface area (Å²) < 4.78 is 5.98. The summed E-state index contributed by atoms with van der Waals surface area (Å²) >= 11 is 0. The van der Waals surface area contributed by atoms with Gasteiger partial charge < -0.3 is 15.4 Å². The van der Waals surface area contributed by atoms with Crippen LogP contribution < -0.4 is 10.5 Å². The van der Waals surface area contributed by atoms with Crippen LogP contribution in [-0.2, 0) is 0 Å². The van der Waals surface area contributed by atoms with Gasteiger partial charge in [0.2, 0.25) is 0 Å². The van der Waals surface area contributed by atoms with E-state index in [1.807, 2.05) is 12.1 Å². The third kappa shape index (κ3) is 2.32. The molecule has 0 spiro atoms. The van der Waals surface area contributed by atoms with Gasteiger partial charge in [0, 0.05) is 24.7 Å². The molecule has 2 aromatic rings. The molecule has 1 unspecified atom stereocenters. The fraction of sp³-hybridized carbons (Fsp3) is 0.333. The highest BCUT2D eigenvalue weighted by atomic mass is 16.5. The van der Waals surface area contributed by atoms with Crippen LogP contribution in [0, 0.1) is 0 Å². The Hall–Kier alpha value is -2.14. The van der Waals surface area contributed by atoms with E-state index in [-0.39, 0.29) is 6.10 Å². The lowest BCUT2D eigenvalue weighted by Gasteiger charge is -2.17. The van der Waals surface area contributed by atoms with Crippen LogP contribution in [0.1, 0.15) is 16.8 Å². The quantitative estimate of drug-likeness (QED) is 0.916. The van der Waals surface area contributed by atoms with Gasteiger partial charge in [0.1, 0.15) is 11.9 Å². The Kier molecular flexibility index (Phi) is 3.28. The Bertz CT molecular complexity index is 657. The number of carbonyl (C=O) groups is 1. The van der Waals surface area contributed by atoms with Crippen LogP contribution in [0.25, 0.3) is 10.9 Å². The van der Waals surface area contributed by atoms with Gasteiger partial charge in [0.05, 0.1) is 11.1 Å². The molecule has 0 radical (unpaired) electrons. The Morgan fingerprint density at radius 3 is 3.00 bits per heavy atom. The maximum absolute atomic E-state index is 11.8. The number of primary amides is 1. The number of rotatable bonds is 3. The van der Waals surface area contributed by atoms with E-state index in [9.17, 15) is 4.79 Å². The lowest BCUT2D eigenvalue weighted by Crippen LogP contribution is -2.23. The third-order valence-corrected chi connectivity index (χ3v) is 3.63. The van der Waals surface area contributed by atoms with Crippen molar-refractivity contribution in [2.24, 2.45) is 5.73 Å². The second-order valence-corrected chi connectivity index (χ2v) is 5.16. The average molecular weight is 271 g/mol. The van der Waals surface area contributed by atoms with Crippen LogP contribution in [-0.4, -0.2) is 42.0 Å². The molecule has 5 heteroatoms. The minimum absolute atomic E-state index is 0.104. The molecule has 1 aliphatic rings. The number of carbonyl (C=O) groups excluding carboxylic acids is 1. The number of hydrogen-bond acceptors (Lipinski definition) is 4. The first-order valence-electron chi connectivity index (χ1n) is 6.68. The van der Waals surface area contributed by atoms with Crippen LogP contribution in [0.4, 0.5) is 0 Å². The van der Waals surface area contributed by atoms with Gasteiger partial charge in [0.15, 0.2) is 0 Å². The van der Waals surface area contributed by atoms with Gasteiger partial charge in [-0.2, -0.15) is 0 Å². The fourth-order valence-electron chi connectivity index (χ4n) is 2.66. The van der Waals surface area contributed by atoms with Gasteiger partial charge in [-0.25, -0.2) is 0 Å². The molecule has 1 atom stereocenters. The van der Waals surface area contributed by atoms with Crippen molar-refractivity contribution in [3.8, 4) is 5.75 Å². The van der Waals surface area contributed by atoms with Gasteiger partial charge in [-0.3, -0.25) is 9.78 Å². The predicted octanol–water partition coefficient (Wildman–Crippen LogP) is 1.42. The molecule has 104 valence electrons. The zero-order valence-electron chi connectivity index (χ0n) is 11.4. The highest BCUT2D eigenvalue weighted by Crippen LogP contribution is 2.28. The third-order valence-electron chi connectivity index (χ3n) is 3.63. The maximum atomic E-state index is 11.8. The molecule has 1 aromatic carbocycles. The molecule has 0 saturated carbocycles. The lowest BCUT2D eigenvalue weighted by atomic mass is 10.1. The molecule has 1 fully saturated rings. The van der Waals surface area contributed by atoms with E-state index in [4.69, 9.17) is 10.5 Å². The van der Waals surface area contributed by atoms with Crippen molar-refractivity contribution in [1.29, 1.82) is 0 Å². The van der Waals surface area contributed by atoms with Crippen molar-refractivity contribution < 1.29 is 9.53 Å². The zero-order chi connectivity index (χ0) is 14.1. The van der Waals surface area contributed by atoms with E-state index in [1.54, 1.807) is 18.3 Å². The topological polar surface area (TPSA) is 68.4 Å². The number of likely N-dealkylation sites (N-methyl/N-ethyl adjacent to an activating group) is 1. The minimum atomic E-state index is -0.482. The molecule has 20 heavy (non-hydrogen) atoms. The van der Waals surface area contributed by atoms with E-state index in [2.05, 4.69) is 16.9 Å². The monoisotopic (exact) mass is 271 g/mol. The van der Waals surface area contributed by atoms with Crippen molar-refractivity contribution in [1.82, 2.24) is 9.88 Å². The van der Waals surface area contributed by atoms with Crippen LogP contribution in [0.15, 0.2) is 30.5 Å². The van der Waals surface area contributed by atoms with Gasteiger partial charge >= 0.3 is 0 Å². The summed E-state index contributed by atoms with van der Waals surface area (Å²) in [6.45, 7) is 1.87. The van der Waals surface area contributed by atoms with Crippen molar-refractivity contribution >= 4 is 16.8 Å². The summed E-state index contributed by atoms with van der Waals surface area (Å²) in [7, 11) is 2.06. The van der Waals surface area contributed by atoms with Gasteiger partial charge in [0.25, 0.3) is 5.91 Å². The molecule has 0 aliphatic carbocycles. The smallest absolute Gasteiger partial charge is 0.253 e. The number of pyridine rings is 1. The van der Waals surface area contributed by atoms with Crippen molar-refractivity contribution in [2.45, 2.75) is 12.5 Å². The number of nitrogens with zero attached hydrogens (tertiary/aromatic N) is 2. The maximum Gasteiger partial charge on any atom is 0.253 e. The largest absolute Gasteiger partial charge is 0.488 e. The number of nitrogens with two attached hydrogens (primary N) is 1. The Labute approximate surface area is 117 Å². The fourth-order valence-corrected chi connectivity index (χ4v) is 2.66. The number of hydrogen-bond donors (Lipinski definition) is 1. The summed E-state index contributed by atoms with van der Waals surface area (Å²) in [5.74, 6) is 0.0725. The normalized spacial score (nSPS) is 19.4. The first-order valence-corrected chi connectivity index (χ1v) is 6.68. The summed E-state index contributed by atoms with van der Waals surface area (Å²) in [5, 5.41) is 0.740. The van der Waals surface area contributed by atoms with Crippen LogP contribution in [0.2, 0.25) is 0 Å². The molecule has 1 saturated heterocycles. The van der Waals surface area contributed by atoms with Crippen molar-refractivity contribution in [3.63, 3.8) is 0 Å². The Morgan fingerprint density at radius 1 is 1.45 bits per heavy atom. The first-order chi connectivity index (χ1) is 9.65. The van der Waals surface area contributed by atoms with E-state index < -0.39 is 5.91 Å². The van der Waals surface area contributed by atoms with E-state index in [0.29, 0.717) is 11.3 Å². The summed E-state index contributed by atoms with van der Waals surface area (Å²) in [6, 6.07) is 7.28. The zero-order valence-corrected chi connectivity index (χ0v) is 11.4. The number of amides is 1.